The van der Waals surface area contributed by atoms with Crippen molar-refractivity contribution in [2.45, 2.75) is 12.8 Å². The molecule has 0 aromatic heterocycles. The van der Waals surface area contributed by atoms with Crippen LogP contribution in [0.1, 0.15) is 28.8 Å². The predicted octanol–water partition coefficient (Wildman–Crippen LogP) is 3.71. The molecule has 0 N–H and O–H groups in total. The fourth-order valence-electron chi connectivity index (χ4n) is 2.03. The Kier molecular flexibility index (Phi) is 4.68. The minimum Gasteiger partial charge on any atom is -0.494 e. The first kappa shape index (κ1) is 14.7. The molecule has 21 heavy (non-hydrogen) atoms. The number of hydrogen-bond donors (Lipinski definition) is 0. The van der Waals surface area contributed by atoms with Crippen LogP contribution in [0.3, 0.4) is 0 Å². The summed E-state index contributed by atoms with van der Waals surface area (Å²) in [5.41, 5.74) is 0.451. The lowest BCUT2D eigenvalue weighted by Crippen LogP contribution is -2.12. The van der Waals surface area contributed by atoms with E-state index in [9.17, 15) is 14.4 Å². The fraction of sp³-hybridized carbons (Fsp3) is 0.176. The number of nitriles is 1. The molecule has 3 nitrogen and oxygen atoms in total. The Morgan fingerprint density at radius 1 is 1.24 bits per heavy atom. The number of halogens is 1. The van der Waals surface area contributed by atoms with Gasteiger partial charge in [0, 0.05) is 11.1 Å². The van der Waals surface area contributed by atoms with Crippen molar-refractivity contribution in [2.24, 2.45) is 0 Å². The first-order valence-corrected chi connectivity index (χ1v) is 6.58. The average Bonchev–Trinajstić information content (AvgIpc) is 2.51. The lowest BCUT2D eigenvalue weighted by Gasteiger charge is -2.10. The largest absolute Gasteiger partial charge is 0.494 e. The molecular formula is C17H14FNO2. The Morgan fingerprint density at radius 2 is 1.90 bits per heavy atom. The van der Waals surface area contributed by atoms with Gasteiger partial charge < -0.3 is 4.74 Å². The van der Waals surface area contributed by atoms with E-state index in [-0.39, 0.29) is 5.56 Å². The standard InChI is InChI=1S/C17H14FNO2/c1-2-21-13-9-7-12(8-10-13)17(20)15(11-19)14-5-3-4-6-16(14)18/h3-10,15H,2H2,1H3. The van der Waals surface area contributed by atoms with Gasteiger partial charge in [0.2, 0.25) is 0 Å². The van der Waals surface area contributed by atoms with Crippen LogP contribution < -0.4 is 4.74 Å². The van der Waals surface area contributed by atoms with Crippen molar-refractivity contribution in [3.8, 4) is 11.8 Å². The third-order valence-corrected chi connectivity index (χ3v) is 3.06. The van der Waals surface area contributed by atoms with Crippen LogP contribution >= 0.6 is 0 Å². The van der Waals surface area contributed by atoms with Crippen LogP contribution in [-0.2, 0) is 0 Å². The second-order valence-corrected chi connectivity index (χ2v) is 4.41. The van der Waals surface area contributed by atoms with E-state index in [1.54, 1.807) is 30.3 Å². The molecular weight excluding hydrogens is 269 g/mol. The van der Waals surface area contributed by atoms with Gasteiger partial charge in [-0.05, 0) is 37.3 Å². The summed E-state index contributed by atoms with van der Waals surface area (Å²) < 4.78 is 19.0. The maximum atomic E-state index is 13.7. The molecule has 0 aliphatic rings. The second-order valence-electron chi connectivity index (χ2n) is 4.41. The highest BCUT2D eigenvalue weighted by Crippen LogP contribution is 2.24. The number of ketones is 1. The minimum absolute atomic E-state index is 0.0962. The molecule has 0 spiro atoms. The summed E-state index contributed by atoms with van der Waals surface area (Å²) in [6, 6.07) is 14.2. The van der Waals surface area contributed by atoms with E-state index in [1.807, 2.05) is 13.0 Å². The van der Waals surface area contributed by atoms with Gasteiger partial charge >= 0.3 is 0 Å². The molecule has 0 aliphatic carbocycles. The quantitative estimate of drug-likeness (QED) is 0.786. The summed E-state index contributed by atoms with van der Waals surface area (Å²) in [7, 11) is 0. The van der Waals surface area contributed by atoms with Gasteiger partial charge in [0.05, 0.1) is 12.7 Å². The van der Waals surface area contributed by atoms with Gasteiger partial charge in [-0.1, -0.05) is 18.2 Å². The molecule has 2 aromatic rings. The highest BCUT2D eigenvalue weighted by atomic mass is 19.1. The maximum absolute atomic E-state index is 13.7. The molecule has 106 valence electrons. The summed E-state index contributed by atoms with van der Waals surface area (Å²) in [6.07, 6.45) is 0. The predicted molar refractivity (Wildman–Crippen MR) is 76.7 cm³/mol. The molecule has 0 radical (unpaired) electrons. The minimum atomic E-state index is -1.15. The average molecular weight is 283 g/mol. The van der Waals surface area contributed by atoms with E-state index >= 15 is 0 Å². The highest BCUT2D eigenvalue weighted by molar-refractivity contribution is 6.02. The van der Waals surface area contributed by atoms with Gasteiger partial charge in [0.1, 0.15) is 17.5 Å². The Hall–Kier alpha value is -2.67. The van der Waals surface area contributed by atoms with Crippen LogP contribution in [0.15, 0.2) is 48.5 Å². The molecule has 1 atom stereocenters. The molecule has 0 aliphatic heterocycles. The van der Waals surface area contributed by atoms with Crippen molar-refractivity contribution in [1.82, 2.24) is 0 Å². The van der Waals surface area contributed by atoms with E-state index in [0.717, 1.165) is 0 Å². The van der Waals surface area contributed by atoms with Crippen molar-refractivity contribution in [1.29, 1.82) is 5.26 Å². The molecule has 4 heteroatoms. The zero-order valence-corrected chi connectivity index (χ0v) is 11.5. The zero-order valence-electron chi connectivity index (χ0n) is 11.5. The molecule has 2 rings (SSSR count). The van der Waals surface area contributed by atoms with Crippen molar-refractivity contribution in [2.75, 3.05) is 6.61 Å². The van der Waals surface area contributed by atoms with Crippen molar-refractivity contribution >= 4 is 5.78 Å². The Bertz CT molecular complexity index is 674. The van der Waals surface area contributed by atoms with Gasteiger partial charge in [-0.2, -0.15) is 5.26 Å². The number of hydrogen-bond acceptors (Lipinski definition) is 3. The number of carbonyl (C=O) groups excluding carboxylic acids is 1. The maximum Gasteiger partial charge on any atom is 0.184 e. The van der Waals surface area contributed by atoms with E-state index in [4.69, 9.17) is 4.74 Å². The summed E-state index contributed by atoms with van der Waals surface area (Å²) >= 11 is 0. The van der Waals surface area contributed by atoms with E-state index in [0.29, 0.717) is 17.9 Å². The third kappa shape index (κ3) is 3.26. The number of ether oxygens (including phenoxy) is 1. The molecule has 0 heterocycles. The van der Waals surface area contributed by atoms with Crippen LogP contribution in [0.5, 0.6) is 5.75 Å². The first-order chi connectivity index (χ1) is 10.2. The van der Waals surface area contributed by atoms with E-state index in [2.05, 4.69) is 0 Å². The van der Waals surface area contributed by atoms with Gasteiger partial charge in [-0.3, -0.25) is 4.79 Å². The van der Waals surface area contributed by atoms with Gasteiger partial charge in [0.15, 0.2) is 5.78 Å². The highest BCUT2D eigenvalue weighted by Gasteiger charge is 2.24. The molecule has 0 fully saturated rings. The fourth-order valence-corrected chi connectivity index (χ4v) is 2.03. The zero-order chi connectivity index (χ0) is 15.2. The number of nitrogens with zero attached hydrogens (tertiary/aromatic N) is 1. The van der Waals surface area contributed by atoms with Gasteiger partial charge in [-0.15, -0.1) is 0 Å². The summed E-state index contributed by atoms with van der Waals surface area (Å²) in [5, 5.41) is 9.21. The number of Topliss-reactive ketones (excluding diaryl/α,β-unsaturated/α-hetero) is 1. The number of rotatable bonds is 5. The smallest absolute Gasteiger partial charge is 0.184 e. The molecule has 0 saturated heterocycles. The number of benzene rings is 2. The van der Waals surface area contributed by atoms with Gasteiger partial charge in [-0.25, -0.2) is 4.39 Å². The summed E-state index contributed by atoms with van der Waals surface area (Å²) in [6.45, 7) is 2.40. The van der Waals surface area contributed by atoms with Crippen molar-refractivity contribution in [3.05, 3.63) is 65.5 Å². The van der Waals surface area contributed by atoms with Gasteiger partial charge in [0.25, 0.3) is 0 Å². The lowest BCUT2D eigenvalue weighted by molar-refractivity contribution is 0.0977. The molecule has 1 unspecified atom stereocenters. The van der Waals surface area contributed by atoms with Crippen molar-refractivity contribution < 1.29 is 13.9 Å². The monoisotopic (exact) mass is 283 g/mol. The van der Waals surface area contributed by atoms with Crippen LogP contribution in [-0.4, -0.2) is 12.4 Å². The molecule has 0 amide bonds. The molecule has 0 bridgehead atoms. The Morgan fingerprint density at radius 3 is 2.48 bits per heavy atom. The van der Waals surface area contributed by atoms with Crippen LogP contribution in [0.25, 0.3) is 0 Å². The summed E-state index contributed by atoms with van der Waals surface area (Å²) in [4.78, 5) is 12.4. The third-order valence-electron chi connectivity index (χ3n) is 3.06. The topological polar surface area (TPSA) is 50.1 Å². The van der Waals surface area contributed by atoms with Crippen LogP contribution in [0.4, 0.5) is 4.39 Å². The molecule has 2 aromatic carbocycles. The second kappa shape index (κ2) is 6.67. The lowest BCUT2D eigenvalue weighted by atomic mass is 9.91. The Labute approximate surface area is 122 Å². The van der Waals surface area contributed by atoms with Crippen molar-refractivity contribution in [3.63, 3.8) is 0 Å². The Balaban J connectivity index is 2.29. The first-order valence-electron chi connectivity index (χ1n) is 6.58. The van der Waals surface area contributed by atoms with Crippen LogP contribution in [0, 0.1) is 17.1 Å². The van der Waals surface area contributed by atoms with E-state index in [1.165, 1.54) is 18.2 Å². The number of carbonyl (C=O) groups is 1. The normalized spacial score (nSPS) is 11.5. The van der Waals surface area contributed by atoms with Crippen LogP contribution in [0.2, 0.25) is 0 Å². The molecule has 0 saturated carbocycles. The summed E-state index contributed by atoms with van der Waals surface area (Å²) in [5.74, 6) is -1.48. The SMILES string of the molecule is CCOc1ccc(C(=O)C(C#N)c2ccccc2F)cc1. The van der Waals surface area contributed by atoms with E-state index < -0.39 is 17.5 Å².